The van der Waals surface area contributed by atoms with E-state index < -0.39 is 0 Å². The molecule has 0 amide bonds. The molecule has 2 aromatic rings. The summed E-state index contributed by atoms with van der Waals surface area (Å²) in [6, 6.07) is 6.51. The van der Waals surface area contributed by atoms with Gasteiger partial charge in [-0.15, -0.1) is 0 Å². The van der Waals surface area contributed by atoms with Gasteiger partial charge in [0.2, 0.25) is 11.5 Å². The van der Waals surface area contributed by atoms with E-state index in [1.807, 2.05) is 0 Å². The van der Waals surface area contributed by atoms with Crippen LogP contribution in [-0.4, -0.2) is 40.2 Å². The van der Waals surface area contributed by atoms with E-state index in [-0.39, 0.29) is 17.3 Å². The quantitative estimate of drug-likeness (QED) is 0.539. The minimum absolute atomic E-state index is 0.106. The largest absolute Gasteiger partial charge is 0.872 e. The molecule has 1 aliphatic rings. The second-order valence-corrected chi connectivity index (χ2v) is 9.44. The number of allylic oxidation sites excluding steroid dienone is 1. The van der Waals surface area contributed by atoms with Gasteiger partial charge < -0.3 is 29.0 Å². The van der Waals surface area contributed by atoms with Gasteiger partial charge in [0.15, 0.2) is 17.3 Å². The Morgan fingerprint density at radius 2 is 1.56 bits per heavy atom. The van der Waals surface area contributed by atoms with Crippen molar-refractivity contribution in [2.24, 2.45) is 11.8 Å². The summed E-state index contributed by atoms with van der Waals surface area (Å²) in [6.45, 7) is 11.1. The summed E-state index contributed by atoms with van der Waals surface area (Å²) in [6.07, 6.45) is 1.63. The highest BCUT2D eigenvalue weighted by atomic mass is 16.5. The molecule has 0 atom stereocenters. The number of hydrogen-bond acceptors (Lipinski definition) is 6. The Hall–Kier alpha value is -3.19. The highest BCUT2D eigenvalue weighted by molar-refractivity contribution is 6.15. The summed E-state index contributed by atoms with van der Waals surface area (Å²) in [4.78, 5) is 14.4. The average molecular weight is 470 g/mol. The standard InChI is InChI=1S/C27H35NO6/c1-16(2)13-28(14-17(3)4)15-20-21(29)9-8-19-25(30)22(34-26(19)20)10-18-11-23(31-5)27(33-7)24(12-18)32-6/h8-12,16-17,29H,13-15H2,1-7H3/b22-10-. The third-order valence-corrected chi connectivity index (χ3v) is 5.70. The third kappa shape index (κ3) is 5.47. The van der Waals surface area contributed by atoms with Crippen LogP contribution in [0.2, 0.25) is 0 Å². The molecule has 0 fully saturated rings. The van der Waals surface area contributed by atoms with Gasteiger partial charge >= 0.3 is 0 Å². The van der Waals surface area contributed by atoms with Crippen molar-refractivity contribution in [2.45, 2.75) is 34.2 Å². The number of benzene rings is 2. The highest BCUT2D eigenvalue weighted by Gasteiger charge is 2.31. The first-order chi connectivity index (χ1) is 16.2. The number of hydrogen-bond donors (Lipinski definition) is 1. The lowest BCUT2D eigenvalue weighted by molar-refractivity contribution is -0.919. The molecule has 0 aromatic heterocycles. The third-order valence-electron chi connectivity index (χ3n) is 5.70. The fraction of sp³-hybridized carbons (Fsp3) is 0.444. The molecule has 3 rings (SSSR count). The summed E-state index contributed by atoms with van der Waals surface area (Å²) in [7, 11) is 4.60. The van der Waals surface area contributed by atoms with Crippen LogP contribution in [0, 0.1) is 11.8 Å². The Morgan fingerprint density at radius 3 is 2.06 bits per heavy atom. The van der Waals surface area contributed by atoms with Crippen LogP contribution in [0.25, 0.3) is 6.08 Å². The average Bonchev–Trinajstić information content (AvgIpc) is 3.09. The fourth-order valence-corrected chi connectivity index (χ4v) is 4.43. The van der Waals surface area contributed by atoms with Crippen molar-refractivity contribution in [3.05, 3.63) is 46.7 Å². The lowest BCUT2D eigenvalue weighted by Crippen LogP contribution is -3.11. The number of carbonyl (C=O) groups excluding carboxylic acids is 1. The zero-order valence-electron chi connectivity index (χ0n) is 21.1. The number of ketones is 1. The molecule has 0 radical (unpaired) electrons. The van der Waals surface area contributed by atoms with Gasteiger partial charge in [-0.05, 0) is 29.8 Å². The molecule has 34 heavy (non-hydrogen) atoms. The van der Waals surface area contributed by atoms with E-state index in [0.717, 1.165) is 13.1 Å². The molecule has 0 aliphatic carbocycles. The van der Waals surface area contributed by atoms with E-state index in [0.29, 0.717) is 58.1 Å². The Bertz CT molecular complexity index is 1040. The molecule has 0 saturated heterocycles. The molecule has 1 aliphatic heterocycles. The first-order valence-corrected chi connectivity index (χ1v) is 11.6. The molecular formula is C27H35NO6. The maximum atomic E-state index is 13.1. The Morgan fingerprint density at radius 1 is 0.971 bits per heavy atom. The molecule has 0 unspecified atom stereocenters. The second kappa shape index (κ2) is 10.8. The summed E-state index contributed by atoms with van der Waals surface area (Å²) >= 11 is 0. The SMILES string of the molecule is COc1cc(/C=C2\Oc3c(ccc([O-])c3C[NH+](CC(C)C)CC(C)C)C2=O)cc(OC)c1OC. The van der Waals surface area contributed by atoms with E-state index in [2.05, 4.69) is 27.7 Å². The van der Waals surface area contributed by atoms with Crippen molar-refractivity contribution >= 4 is 11.9 Å². The summed E-state index contributed by atoms with van der Waals surface area (Å²) in [5, 5.41) is 12.8. The summed E-state index contributed by atoms with van der Waals surface area (Å²) in [5.41, 5.74) is 1.62. The maximum Gasteiger partial charge on any atom is 0.231 e. The van der Waals surface area contributed by atoms with E-state index >= 15 is 0 Å². The van der Waals surface area contributed by atoms with Crippen molar-refractivity contribution in [1.29, 1.82) is 0 Å². The van der Waals surface area contributed by atoms with Crippen LogP contribution in [0.3, 0.4) is 0 Å². The second-order valence-electron chi connectivity index (χ2n) is 9.44. The first kappa shape index (κ1) is 25.4. The van der Waals surface area contributed by atoms with E-state index in [4.69, 9.17) is 18.9 Å². The minimum Gasteiger partial charge on any atom is -0.872 e. The maximum absolute atomic E-state index is 13.1. The zero-order chi connectivity index (χ0) is 25.0. The predicted octanol–water partition coefficient (Wildman–Crippen LogP) is 3.10. The molecule has 7 nitrogen and oxygen atoms in total. The van der Waals surface area contributed by atoms with Crippen molar-refractivity contribution in [3.63, 3.8) is 0 Å². The molecule has 0 saturated carbocycles. The first-order valence-electron chi connectivity index (χ1n) is 11.6. The number of nitrogens with one attached hydrogen (secondary N) is 1. The molecule has 0 bridgehead atoms. The summed E-state index contributed by atoms with van der Waals surface area (Å²) < 4.78 is 22.2. The van der Waals surface area contributed by atoms with Gasteiger partial charge in [0, 0.05) is 17.4 Å². The molecule has 7 heteroatoms. The van der Waals surface area contributed by atoms with E-state index in [9.17, 15) is 9.90 Å². The monoisotopic (exact) mass is 469 g/mol. The van der Waals surface area contributed by atoms with Crippen molar-refractivity contribution in [3.8, 4) is 28.7 Å². The van der Waals surface area contributed by atoms with Crippen LogP contribution >= 0.6 is 0 Å². The normalized spacial score (nSPS) is 14.2. The van der Waals surface area contributed by atoms with Crippen LogP contribution in [0.4, 0.5) is 0 Å². The zero-order valence-corrected chi connectivity index (χ0v) is 21.1. The van der Waals surface area contributed by atoms with Gasteiger partial charge in [0.25, 0.3) is 0 Å². The Kier molecular flexibility index (Phi) is 8.10. The number of ether oxygens (including phenoxy) is 4. The number of rotatable bonds is 10. The molecule has 1 N–H and O–H groups in total. The highest BCUT2D eigenvalue weighted by Crippen LogP contribution is 2.41. The molecular weight excluding hydrogens is 434 g/mol. The number of Topliss-reactive ketones (excluding diaryl/α,β-unsaturated/α-hetero) is 1. The Labute approximate surface area is 201 Å². The van der Waals surface area contributed by atoms with Gasteiger partial charge in [-0.2, -0.15) is 0 Å². The number of fused-ring (bicyclic) bond motifs is 1. The smallest absolute Gasteiger partial charge is 0.231 e. The van der Waals surface area contributed by atoms with Gasteiger partial charge in [-0.3, -0.25) is 4.79 Å². The van der Waals surface area contributed by atoms with Crippen molar-refractivity contribution in [1.82, 2.24) is 0 Å². The van der Waals surface area contributed by atoms with E-state index in [1.54, 1.807) is 24.3 Å². The fourth-order valence-electron chi connectivity index (χ4n) is 4.43. The van der Waals surface area contributed by atoms with Crippen LogP contribution in [-0.2, 0) is 6.54 Å². The molecule has 1 heterocycles. The number of carbonyl (C=O) groups is 1. The van der Waals surface area contributed by atoms with E-state index in [1.165, 1.54) is 32.3 Å². The van der Waals surface area contributed by atoms with Gasteiger partial charge in [0.1, 0.15) is 12.3 Å². The van der Waals surface area contributed by atoms with Crippen LogP contribution in [0.1, 0.15) is 49.2 Å². The predicted molar refractivity (Wildman–Crippen MR) is 129 cm³/mol. The minimum atomic E-state index is -0.251. The molecule has 184 valence electrons. The van der Waals surface area contributed by atoms with Crippen LogP contribution < -0.4 is 29.0 Å². The molecule has 0 spiro atoms. The van der Waals surface area contributed by atoms with Gasteiger partial charge in [0.05, 0.1) is 40.0 Å². The van der Waals surface area contributed by atoms with Gasteiger partial charge in [-0.1, -0.05) is 39.5 Å². The molecule has 2 aromatic carbocycles. The topological polar surface area (TPSA) is 81.5 Å². The van der Waals surface area contributed by atoms with Crippen LogP contribution in [0.5, 0.6) is 28.7 Å². The summed E-state index contributed by atoms with van der Waals surface area (Å²) in [5.74, 6) is 2.56. The van der Waals surface area contributed by atoms with Crippen molar-refractivity contribution < 1.29 is 33.7 Å². The number of quaternary nitrogens is 1. The number of methoxy groups -OCH3 is 3. The van der Waals surface area contributed by atoms with Gasteiger partial charge in [-0.25, -0.2) is 0 Å². The Balaban J connectivity index is 1.98. The lowest BCUT2D eigenvalue weighted by Gasteiger charge is -2.26. The lowest BCUT2D eigenvalue weighted by atomic mass is 10.0. The van der Waals surface area contributed by atoms with Crippen LogP contribution in [0.15, 0.2) is 30.0 Å². The van der Waals surface area contributed by atoms with Crippen molar-refractivity contribution in [2.75, 3.05) is 34.4 Å².